The number of hydrogen-bond acceptors (Lipinski definition) is 1. The van der Waals surface area contributed by atoms with E-state index in [0.29, 0.717) is 0 Å². The second-order valence-electron chi connectivity index (χ2n) is 12.5. The van der Waals surface area contributed by atoms with E-state index in [1.807, 2.05) is 0 Å². The molecule has 0 aliphatic carbocycles. The molecule has 4 heteroatoms. The molecule has 0 amide bonds. The van der Waals surface area contributed by atoms with Crippen LogP contribution in [0.25, 0.3) is 16.8 Å². The highest BCUT2D eigenvalue weighted by Crippen LogP contribution is 2.20. The maximum atomic E-state index is 2.29. The van der Waals surface area contributed by atoms with Crippen molar-refractivity contribution < 1.29 is 4.40 Å². The minimum Gasteiger partial charge on any atom is -0.378 e. The van der Waals surface area contributed by atoms with E-state index in [9.17, 15) is 0 Å². The Balaban J connectivity index is 0.000000166. The first-order valence-electron chi connectivity index (χ1n) is 16.8. The SMILES string of the molecule is CCCCn1cc2cccc(-c3ccc(N(C)C)cc3)[n+]2c1.c1ccc([B-](c2ccccc2)(c2ccccc2)c2ccccc2)cc1. The lowest BCUT2D eigenvalue weighted by Crippen LogP contribution is -2.74. The Labute approximate surface area is 280 Å². The van der Waals surface area contributed by atoms with Crippen molar-refractivity contribution in [2.45, 2.75) is 26.3 Å². The van der Waals surface area contributed by atoms with Gasteiger partial charge in [0.15, 0.2) is 5.52 Å². The Bertz CT molecular complexity index is 1800. The third-order valence-electron chi connectivity index (χ3n) is 9.27. The lowest BCUT2D eigenvalue weighted by Gasteiger charge is -2.44. The van der Waals surface area contributed by atoms with Crippen LogP contribution >= 0.6 is 0 Å². The molecule has 0 spiro atoms. The van der Waals surface area contributed by atoms with Gasteiger partial charge >= 0.3 is 0 Å². The third-order valence-corrected chi connectivity index (χ3v) is 9.27. The van der Waals surface area contributed by atoms with Gasteiger partial charge in [0.25, 0.3) is 0 Å². The number of aromatic nitrogens is 2. The summed E-state index contributed by atoms with van der Waals surface area (Å²) in [5.74, 6) is 0. The predicted molar refractivity (Wildman–Crippen MR) is 202 cm³/mol. The first kappa shape index (κ1) is 31.6. The van der Waals surface area contributed by atoms with E-state index in [-0.39, 0.29) is 0 Å². The van der Waals surface area contributed by atoms with Crippen molar-refractivity contribution >= 4 is 39.2 Å². The number of pyridine rings is 1. The summed E-state index contributed by atoms with van der Waals surface area (Å²) >= 11 is 0. The first-order chi connectivity index (χ1) is 23.1. The molecule has 47 heavy (non-hydrogen) atoms. The van der Waals surface area contributed by atoms with Crippen LogP contribution < -0.4 is 31.2 Å². The van der Waals surface area contributed by atoms with Crippen LogP contribution in [0.5, 0.6) is 0 Å². The molecule has 0 fully saturated rings. The van der Waals surface area contributed by atoms with Crippen molar-refractivity contribution in [3.63, 3.8) is 0 Å². The van der Waals surface area contributed by atoms with E-state index >= 15 is 0 Å². The predicted octanol–water partition coefficient (Wildman–Crippen LogP) is 6.82. The number of nitrogens with zero attached hydrogens (tertiary/aromatic N) is 3. The summed E-state index contributed by atoms with van der Waals surface area (Å²) in [4.78, 5) is 2.12. The number of imidazole rings is 1. The summed E-state index contributed by atoms with van der Waals surface area (Å²) in [6.07, 6.45) is 5.66. The van der Waals surface area contributed by atoms with E-state index < -0.39 is 6.15 Å². The molecule has 7 rings (SSSR count). The van der Waals surface area contributed by atoms with Crippen molar-refractivity contribution in [1.29, 1.82) is 0 Å². The number of aryl methyl sites for hydroxylation is 1. The Hall–Kier alpha value is -5.35. The minimum atomic E-state index is -1.22. The molecule has 0 atom stereocenters. The van der Waals surface area contributed by atoms with Crippen molar-refractivity contribution in [3.8, 4) is 11.3 Å². The van der Waals surface area contributed by atoms with E-state index in [0.717, 1.165) is 6.54 Å². The molecule has 0 bridgehead atoms. The zero-order chi connectivity index (χ0) is 32.5. The zero-order valence-corrected chi connectivity index (χ0v) is 27.8. The highest BCUT2D eigenvalue weighted by Gasteiger charge is 2.31. The average Bonchev–Trinajstić information content (AvgIpc) is 3.57. The van der Waals surface area contributed by atoms with Gasteiger partial charge in [-0.2, -0.15) is 26.3 Å². The summed E-state index contributed by atoms with van der Waals surface area (Å²) in [7, 11) is 4.14. The molecule has 5 aromatic carbocycles. The quantitative estimate of drug-likeness (QED) is 0.129. The van der Waals surface area contributed by atoms with Gasteiger partial charge < -0.3 is 4.90 Å². The van der Waals surface area contributed by atoms with Crippen LogP contribution in [0.15, 0.2) is 176 Å². The Kier molecular flexibility index (Phi) is 9.98. The number of anilines is 1. The van der Waals surface area contributed by atoms with Gasteiger partial charge in [0, 0.05) is 25.3 Å². The maximum Gasteiger partial charge on any atom is 0.249 e. The molecule has 0 N–H and O–H groups in total. The summed E-state index contributed by atoms with van der Waals surface area (Å²) in [5.41, 5.74) is 10.3. The van der Waals surface area contributed by atoms with Crippen LogP contribution in [-0.4, -0.2) is 24.8 Å². The smallest absolute Gasteiger partial charge is 0.249 e. The largest absolute Gasteiger partial charge is 0.378 e. The summed E-state index contributed by atoms with van der Waals surface area (Å²) in [6.45, 7) is 3.31. The Morgan fingerprint density at radius 3 is 1.45 bits per heavy atom. The standard InChI is InChI=1S/C24H20B.C19H24N3/c1-5-13-21(14-6-1)25(22-15-7-2-8-16-22,23-17-9-3-10-18-23)24-19-11-4-12-20-24;1-4-5-13-21-14-18-7-6-8-19(22(18)15-21)16-9-11-17(12-10-16)20(2)3/h1-20H;6-12,14-15H,4-5,13H2,1-3H3/q-1;+1. The fourth-order valence-electron chi connectivity index (χ4n) is 6.87. The molecule has 3 nitrogen and oxygen atoms in total. The van der Waals surface area contributed by atoms with Gasteiger partial charge in [-0.1, -0.05) is 141 Å². The van der Waals surface area contributed by atoms with Crippen LogP contribution in [0.2, 0.25) is 0 Å². The van der Waals surface area contributed by atoms with Gasteiger partial charge in [0.05, 0.1) is 6.54 Å². The molecule has 234 valence electrons. The highest BCUT2D eigenvalue weighted by molar-refractivity contribution is 7.19. The third kappa shape index (κ3) is 6.78. The second-order valence-corrected chi connectivity index (χ2v) is 12.5. The molecular formula is C43H44BN3. The number of rotatable bonds is 9. The molecular weight excluding hydrogens is 569 g/mol. The zero-order valence-electron chi connectivity index (χ0n) is 27.8. The molecule has 0 aliphatic heterocycles. The van der Waals surface area contributed by atoms with Gasteiger partial charge in [-0.15, -0.1) is 0 Å². The topological polar surface area (TPSA) is 12.3 Å². The number of unbranched alkanes of at least 4 members (excludes halogenated alkanes) is 1. The number of fused-ring (bicyclic) bond motifs is 1. The summed E-state index contributed by atoms with van der Waals surface area (Å²) < 4.78 is 4.57. The van der Waals surface area contributed by atoms with Gasteiger partial charge in [0.2, 0.25) is 6.33 Å². The lowest BCUT2D eigenvalue weighted by molar-refractivity contribution is -0.500. The van der Waals surface area contributed by atoms with E-state index in [1.165, 1.54) is 57.2 Å². The van der Waals surface area contributed by atoms with Crippen LogP contribution in [-0.2, 0) is 6.54 Å². The maximum absolute atomic E-state index is 2.29. The lowest BCUT2D eigenvalue weighted by atomic mass is 9.13. The molecule has 0 radical (unpaired) electrons. The van der Waals surface area contributed by atoms with Crippen LogP contribution in [0.3, 0.4) is 0 Å². The van der Waals surface area contributed by atoms with Gasteiger partial charge in [0.1, 0.15) is 18.0 Å². The van der Waals surface area contributed by atoms with Crippen LogP contribution in [0, 0.1) is 0 Å². The molecule has 2 aromatic heterocycles. The minimum absolute atomic E-state index is 1.08. The van der Waals surface area contributed by atoms with E-state index in [1.54, 1.807) is 0 Å². The van der Waals surface area contributed by atoms with E-state index in [2.05, 4.69) is 211 Å². The average molecular weight is 614 g/mol. The summed E-state index contributed by atoms with van der Waals surface area (Å²) in [5, 5.41) is 0. The van der Waals surface area contributed by atoms with Crippen LogP contribution in [0.4, 0.5) is 5.69 Å². The monoisotopic (exact) mass is 613 g/mol. The molecule has 7 aromatic rings. The number of hydrogen-bond donors (Lipinski definition) is 0. The van der Waals surface area contributed by atoms with Crippen molar-refractivity contribution in [2.75, 3.05) is 19.0 Å². The fraction of sp³-hybridized carbons (Fsp3) is 0.140. The molecule has 0 saturated carbocycles. The Morgan fingerprint density at radius 1 is 0.553 bits per heavy atom. The van der Waals surface area contributed by atoms with Crippen molar-refractivity contribution in [2.24, 2.45) is 0 Å². The molecule has 2 heterocycles. The van der Waals surface area contributed by atoms with Crippen molar-refractivity contribution in [1.82, 2.24) is 4.57 Å². The van der Waals surface area contributed by atoms with E-state index in [4.69, 9.17) is 0 Å². The first-order valence-corrected chi connectivity index (χ1v) is 16.8. The normalized spacial score (nSPS) is 11.1. The van der Waals surface area contributed by atoms with Gasteiger partial charge in [-0.25, -0.2) is 4.57 Å². The second kappa shape index (κ2) is 14.8. The van der Waals surface area contributed by atoms with Crippen LogP contribution in [0.1, 0.15) is 19.8 Å². The van der Waals surface area contributed by atoms with Gasteiger partial charge in [-0.05, 0) is 42.8 Å². The molecule has 0 saturated heterocycles. The Morgan fingerprint density at radius 2 is 1.02 bits per heavy atom. The number of benzene rings is 5. The highest BCUT2D eigenvalue weighted by atomic mass is 15.1. The van der Waals surface area contributed by atoms with Crippen molar-refractivity contribution in [3.05, 3.63) is 176 Å². The summed E-state index contributed by atoms with van der Waals surface area (Å²) in [6, 6.07) is 58.7. The van der Waals surface area contributed by atoms with Gasteiger partial charge in [-0.3, -0.25) is 0 Å². The molecule has 0 aliphatic rings. The fourth-order valence-corrected chi connectivity index (χ4v) is 6.87. The molecule has 0 unspecified atom stereocenters.